The fourth-order valence-corrected chi connectivity index (χ4v) is 3.37. The number of fused-ring (bicyclic) bond motifs is 2. The number of hydrogen-bond donors (Lipinski definition) is 3. The molecule has 1 amide bonds. The van der Waals surface area contributed by atoms with Crippen molar-refractivity contribution in [3.05, 3.63) is 0 Å². The first-order valence-corrected chi connectivity index (χ1v) is 6.72. The zero-order valence-electron chi connectivity index (χ0n) is 10.7. The van der Waals surface area contributed by atoms with Gasteiger partial charge >= 0.3 is 11.9 Å². The second-order valence-electron chi connectivity index (χ2n) is 5.61. The molecular formula is C13H19NO5. The van der Waals surface area contributed by atoms with Gasteiger partial charge in [0.1, 0.15) is 6.04 Å². The molecule has 3 unspecified atom stereocenters. The maximum absolute atomic E-state index is 12.1. The Labute approximate surface area is 111 Å². The van der Waals surface area contributed by atoms with Crippen LogP contribution in [-0.4, -0.2) is 34.1 Å². The molecular weight excluding hydrogens is 250 g/mol. The molecule has 0 radical (unpaired) electrons. The quantitative estimate of drug-likeness (QED) is 0.663. The fourth-order valence-electron chi connectivity index (χ4n) is 3.37. The molecule has 2 aliphatic rings. The highest BCUT2D eigenvalue weighted by Crippen LogP contribution is 2.48. The van der Waals surface area contributed by atoms with Crippen LogP contribution < -0.4 is 5.32 Å². The summed E-state index contributed by atoms with van der Waals surface area (Å²) in [7, 11) is 0. The summed E-state index contributed by atoms with van der Waals surface area (Å²) in [5, 5.41) is 20.1. The fraction of sp³-hybridized carbons (Fsp3) is 0.769. The second kappa shape index (κ2) is 5.59. The van der Waals surface area contributed by atoms with Gasteiger partial charge in [-0.25, -0.2) is 4.79 Å². The van der Waals surface area contributed by atoms with Gasteiger partial charge in [-0.1, -0.05) is 6.42 Å². The summed E-state index contributed by atoms with van der Waals surface area (Å²) < 4.78 is 0. The SMILES string of the molecule is O=C(O)CC[C@H](NC(=O)C1CC2CCC1C2)C(=O)O. The zero-order chi connectivity index (χ0) is 14.0. The minimum absolute atomic E-state index is 0.0722. The molecule has 6 nitrogen and oxygen atoms in total. The highest BCUT2D eigenvalue weighted by Gasteiger charge is 2.43. The molecule has 106 valence electrons. The Bertz CT molecular complexity index is 394. The van der Waals surface area contributed by atoms with E-state index in [-0.39, 0.29) is 24.7 Å². The zero-order valence-corrected chi connectivity index (χ0v) is 10.7. The molecule has 0 aromatic rings. The van der Waals surface area contributed by atoms with Gasteiger partial charge < -0.3 is 15.5 Å². The predicted molar refractivity (Wildman–Crippen MR) is 65.4 cm³/mol. The van der Waals surface area contributed by atoms with E-state index in [1.807, 2.05) is 0 Å². The van der Waals surface area contributed by atoms with Gasteiger partial charge in [0.2, 0.25) is 5.91 Å². The van der Waals surface area contributed by atoms with Crippen molar-refractivity contribution < 1.29 is 24.6 Å². The maximum atomic E-state index is 12.1. The molecule has 0 aromatic heterocycles. The topological polar surface area (TPSA) is 104 Å². The van der Waals surface area contributed by atoms with Crippen LogP contribution in [0.1, 0.15) is 38.5 Å². The molecule has 19 heavy (non-hydrogen) atoms. The summed E-state index contributed by atoms with van der Waals surface area (Å²) in [6.45, 7) is 0. The number of hydrogen-bond acceptors (Lipinski definition) is 3. The molecule has 6 heteroatoms. The lowest BCUT2D eigenvalue weighted by atomic mass is 9.88. The van der Waals surface area contributed by atoms with Crippen LogP contribution in [0.4, 0.5) is 0 Å². The largest absolute Gasteiger partial charge is 0.481 e. The number of nitrogens with one attached hydrogen (secondary N) is 1. The Morgan fingerprint density at radius 1 is 1.16 bits per heavy atom. The van der Waals surface area contributed by atoms with E-state index in [1.165, 1.54) is 6.42 Å². The molecule has 4 atom stereocenters. The lowest BCUT2D eigenvalue weighted by Gasteiger charge is -2.23. The number of carboxylic acids is 2. The molecule has 2 rings (SSSR count). The summed E-state index contributed by atoms with van der Waals surface area (Å²) in [4.78, 5) is 33.6. The van der Waals surface area contributed by atoms with E-state index in [2.05, 4.69) is 5.32 Å². The van der Waals surface area contributed by atoms with Crippen molar-refractivity contribution in [1.82, 2.24) is 5.32 Å². The highest BCUT2D eigenvalue weighted by atomic mass is 16.4. The number of carbonyl (C=O) groups is 3. The molecule has 0 saturated heterocycles. The third-order valence-corrected chi connectivity index (χ3v) is 4.34. The molecule has 0 aromatic carbocycles. The normalized spacial score (nSPS) is 30.0. The molecule has 2 bridgehead atoms. The van der Waals surface area contributed by atoms with Crippen LogP contribution in [0.25, 0.3) is 0 Å². The van der Waals surface area contributed by atoms with E-state index < -0.39 is 18.0 Å². The molecule has 3 N–H and O–H groups in total. The Kier molecular flexibility index (Phi) is 4.07. The summed E-state index contributed by atoms with van der Waals surface area (Å²) in [6.07, 6.45) is 3.82. The van der Waals surface area contributed by atoms with Crippen LogP contribution in [0.3, 0.4) is 0 Å². The van der Waals surface area contributed by atoms with Crippen LogP contribution in [0.5, 0.6) is 0 Å². The Morgan fingerprint density at radius 2 is 1.89 bits per heavy atom. The maximum Gasteiger partial charge on any atom is 0.326 e. The predicted octanol–water partition coefficient (Wildman–Crippen LogP) is 0.857. The number of carbonyl (C=O) groups excluding carboxylic acids is 1. The number of aliphatic carboxylic acids is 2. The lowest BCUT2D eigenvalue weighted by Crippen LogP contribution is -2.45. The molecule has 2 fully saturated rings. The molecule has 0 heterocycles. The third-order valence-electron chi connectivity index (χ3n) is 4.34. The van der Waals surface area contributed by atoms with Gasteiger partial charge in [0, 0.05) is 12.3 Å². The van der Waals surface area contributed by atoms with Crippen LogP contribution in [-0.2, 0) is 14.4 Å². The highest BCUT2D eigenvalue weighted by molar-refractivity contribution is 5.85. The Hall–Kier alpha value is -1.59. The Morgan fingerprint density at radius 3 is 2.37 bits per heavy atom. The summed E-state index contributed by atoms with van der Waals surface area (Å²) in [6, 6.07) is -1.09. The van der Waals surface area contributed by atoms with E-state index >= 15 is 0 Å². The van der Waals surface area contributed by atoms with Crippen LogP contribution in [0, 0.1) is 17.8 Å². The van der Waals surface area contributed by atoms with Gasteiger partial charge in [0.15, 0.2) is 0 Å². The standard InChI is InChI=1S/C13H19NO5/c15-11(16)4-3-10(13(18)19)14-12(17)9-6-7-1-2-8(9)5-7/h7-10H,1-6H2,(H,14,17)(H,15,16)(H,18,19)/t7?,8?,9?,10-/m0/s1. The van der Waals surface area contributed by atoms with Gasteiger partial charge in [-0.15, -0.1) is 0 Å². The number of carboxylic acid groups (broad SMARTS) is 2. The first-order valence-electron chi connectivity index (χ1n) is 6.72. The third kappa shape index (κ3) is 3.24. The van der Waals surface area contributed by atoms with Crippen LogP contribution in [0.15, 0.2) is 0 Å². The van der Waals surface area contributed by atoms with Crippen LogP contribution in [0.2, 0.25) is 0 Å². The first-order chi connectivity index (χ1) is 8.97. The van der Waals surface area contributed by atoms with E-state index in [9.17, 15) is 14.4 Å². The van der Waals surface area contributed by atoms with E-state index in [4.69, 9.17) is 10.2 Å². The molecule has 0 aliphatic heterocycles. The van der Waals surface area contributed by atoms with Crippen molar-refractivity contribution >= 4 is 17.8 Å². The molecule has 2 aliphatic carbocycles. The number of amides is 1. The minimum Gasteiger partial charge on any atom is -0.481 e. The van der Waals surface area contributed by atoms with Gasteiger partial charge in [-0.3, -0.25) is 9.59 Å². The average Bonchev–Trinajstić information content (AvgIpc) is 2.95. The van der Waals surface area contributed by atoms with Crippen molar-refractivity contribution in [3.8, 4) is 0 Å². The average molecular weight is 269 g/mol. The van der Waals surface area contributed by atoms with E-state index in [1.54, 1.807) is 0 Å². The summed E-state index contributed by atoms with van der Waals surface area (Å²) >= 11 is 0. The smallest absolute Gasteiger partial charge is 0.326 e. The van der Waals surface area contributed by atoms with E-state index in [0.717, 1.165) is 19.3 Å². The van der Waals surface area contributed by atoms with Crippen molar-refractivity contribution in [3.63, 3.8) is 0 Å². The van der Waals surface area contributed by atoms with Gasteiger partial charge in [-0.2, -0.15) is 0 Å². The summed E-state index contributed by atoms with van der Waals surface area (Å²) in [5.74, 6) is -1.52. The van der Waals surface area contributed by atoms with Gasteiger partial charge in [-0.05, 0) is 37.5 Å². The van der Waals surface area contributed by atoms with Crippen molar-refractivity contribution in [1.29, 1.82) is 0 Å². The van der Waals surface area contributed by atoms with Gasteiger partial charge in [0.05, 0.1) is 0 Å². The molecule has 0 spiro atoms. The van der Waals surface area contributed by atoms with E-state index in [0.29, 0.717) is 11.8 Å². The summed E-state index contributed by atoms with van der Waals surface area (Å²) in [5.41, 5.74) is 0. The monoisotopic (exact) mass is 269 g/mol. The minimum atomic E-state index is -1.17. The van der Waals surface area contributed by atoms with Crippen molar-refractivity contribution in [2.45, 2.75) is 44.6 Å². The van der Waals surface area contributed by atoms with Crippen molar-refractivity contribution in [2.75, 3.05) is 0 Å². The number of rotatable bonds is 6. The second-order valence-corrected chi connectivity index (χ2v) is 5.61. The van der Waals surface area contributed by atoms with Gasteiger partial charge in [0.25, 0.3) is 0 Å². The first kappa shape index (κ1) is 13.8. The van der Waals surface area contributed by atoms with Crippen LogP contribution >= 0.6 is 0 Å². The van der Waals surface area contributed by atoms with Crippen molar-refractivity contribution in [2.24, 2.45) is 17.8 Å². The lowest BCUT2D eigenvalue weighted by molar-refractivity contribution is -0.144. The molecule has 2 saturated carbocycles. The Balaban J connectivity index is 1.88.